The molecule has 72 valence electrons. The van der Waals surface area contributed by atoms with E-state index in [-0.39, 0.29) is 5.96 Å². The highest BCUT2D eigenvalue weighted by atomic mass is 15.4. The molecule has 0 spiro atoms. The lowest BCUT2D eigenvalue weighted by Gasteiger charge is -2.17. The molecular weight excluding hydrogens is 174 g/mol. The number of aliphatic imine (C=N–C) groups is 1. The van der Waals surface area contributed by atoms with Crippen molar-refractivity contribution in [2.75, 3.05) is 0 Å². The Morgan fingerprint density at radius 2 is 1.31 bits per heavy atom. The molecule has 0 saturated heterocycles. The first-order valence-electron chi connectivity index (χ1n) is 3.02. The molecule has 0 fully saturated rings. The van der Waals surface area contributed by atoms with Crippen molar-refractivity contribution in [3.8, 4) is 0 Å². The van der Waals surface area contributed by atoms with Gasteiger partial charge in [-0.3, -0.25) is 16.2 Å². The standard InChI is InChI=1S/C4H11N9/c5-1(6)12-4(11)13(2(7)8)3(9)10/h(H3,7,8)(H3,9,10)(H5,5,6,11,12). The Balaban J connectivity index is 4.78. The average Bonchev–Trinajstić information content (AvgIpc) is 1.81. The van der Waals surface area contributed by atoms with E-state index < -0.39 is 17.9 Å². The number of nitrogens with two attached hydrogens (primary N) is 4. The molecule has 0 aromatic rings. The molecule has 0 aliphatic heterocycles. The number of rotatable bonds is 0. The second-order valence-electron chi connectivity index (χ2n) is 1.97. The normalized spacial score (nSPS) is 8.62. The average molecular weight is 185 g/mol. The third-order valence-corrected chi connectivity index (χ3v) is 0.929. The Bertz CT molecular complexity index is 257. The predicted octanol–water partition coefficient (Wildman–Crippen LogP) is -2.72. The van der Waals surface area contributed by atoms with Gasteiger partial charge in [0.25, 0.3) is 0 Å². The van der Waals surface area contributed by atoms with Gasteiger partial charge in [-0.15, -0.1) is 0 Å². The largest absolute Gasteiger partial charge is 0.370 e. The molecule has 0 unspecified atom stereocenters. The van der Waals surface area contributed by atoms with Crippen LogP contribution in [0.15, 0.2) is 4.99 Å². The molecular formula is C4H11N9. The summed E-state index contributed by atoms with van der Waals surface area (Å²) in [6.07, 6.45) is 0. The van der Waals surface area contributed by atoms with Crippen LogP contribution in [-0.4, -0.2) is 28.7 Å². The Kier molecular flexibility index (Phi) is 3.20. The molecule has 0 bridgehead atoms. The van der Waals surface area contributed by atoms with E-state index in [4.69, 9.17) is 39.2 Å². The summed E-state index contributed by atoms with van der Waals surface area (Å²) in [7, 11) is 0. The van der Waals surface area contributed by atoms with Gasteiger partial charge in [0.05, 0.1) is 0 Å². The van der Waals surface area contributed by atoms with Crippen LogP contribution in [0.5, 0.6) is 0 Å². The van der Waals surface area contributed by atoms with Gasteiger partial charge in [-0.05, 0) is 0 Å². The predicted molar refractivity (Wildman–Crippen MR) is 49.2 cm³/mol. The van der Waals surface area contributed by atoms with Crippen molar-refractivity contribution in [1.29, 1.82) is 16.2 Å². The zero-order chi connectivity index (χ0) is 10.6. The van der Waals surface area contributed by atoms with Gasteiger partial charge in [-0.25, -0.2) is 4.90 Å². The first kappa shape index (κ1) is 10.7. The van der Waals surface area contributed by atoms with Gasteiger partial charge >= 0.3 is 0 Å². The van der Waals surface area contributed by atoms with Gasteiger partial charge in [0.1, 0.15) is 0 Å². The van der Waals surface area contributed by atoms with E-state index in [0.717, 1.165) is 0 Å². The van der Waals surface area contributed by atoms with Crippen LogP contribution in [0.25, 0.3) is 0 Å². The maximum Gasteiger partial charge on any atom is 0.235 e. The van der Waals surface area contributed by atoms with Crippen molar-refractivity contribution in [2.24, 2.45) is 27.9 Å². The maximum atomic E-state index is 7.17. The Morgan fingerprint density at radius 1 is 0.923 bits per heavy atom. The molecule has 0 radical (unpaired) electrons. The SMILES string of the molecule is N=C(N)N(C(=N)N)C(=N)N=C(N)N. The molecule has 0 saturated carbocycles. The number of nitrogens with one attached hydrogen (secondary N) is 3. The molecule has 13 heavy (non-hydrogen) atoms. The fourth-order valence-corrected chi connectivity index (χ4v) is 0.530. The molecule has 0 heterocycles. The second kappa shape index (κ2) is 3.90. The summed E-state index contributed by atoms with van der Waals surface area (Å²) in [6.45, 7) is 0. The molecule has 0 atom stereocenters. The first-order valence-corrected chi connectivity index (χ1v) is 3.02. The quantitative estimate of drug-likeness (QED) is 0.159. The molecule has 0 amide bonds. The fourth-order valence-electron chi connectivity index (χ4n) is 0.530. The van der Waals surface area contributed by atoms with E-state index in [2.05, 4.69) is 4.99 Å². The number of nitrogens with zero attached hydrogens (tertiary/aromatic N) is 2. The summed E-state index contributed by atoms with van der Waals surface area (Å²) in [5.41, 5.74) is 20.0. The van der Waals surface area contributed by atoms with Crippen LogP contribution in [0.4, 0.5) is 0 Å². The monoisotopic (exact) mass is 185 g/mol. The van der Waals surface area contributed by atoms with Gasteiger partial charge in [-0.1, -0.05) is 0 Å². The molecule has 9 nitrogen and oxygen atoms in total. The highest BCUT2D eigenvalue weighted by Gasteiger charge is 2.15. The molecule has 0 aromatic heterocycles. The Hall–Kier alpha value is -2.32. The van der Waals surface area contributed by atoms with Crippen LogP contribution < -0.4 is 22.9 Å². The summed E-state index contributed by atoms with van der Waals surface area (Å²) < 4.78 is 0. The molecule has 0 aromatic carbocycles. The van der Waals surface area contributed by atoms with Gasteiger partial charge in [0, 0.05) is 0 Å². The summed E-state index contributed by atoms with van der Waals surface area (Å²) in [6, 6.07) is 0. The van der Waals surface area contributed by atoms with Crippen LogP contribution in [0.3, 0.4) is 0 Å². The molecule has 0 rings (SSSR count). The number of hydrogen-bond acceptors (Lipinski definition) is 3. The molecule has 9 heteroatoms. The van der Waals surface area contributed by atoms with E-state index in [9.17, 15) is 0 Å². The third kappa shape index (κ3) is 3.05. The minimum absolute atomic E-state index is 0.377. The molecule has 0 aliphatic carbocycles. The lowest BCUT2D eigenvalue weighted by molar-refractivity contribution is 0.825. The van der Waals surface area contributed by atoms with Gasteiger partial charge in [0.15, 0.2) is 5.96 Å². The highest BCUT2D eigenvalue weighted by Crippen LogP contribution is 1.88. The van der Waals surface area contributed by atoms with Crippen molar-refractivity contribution in [2.45, 2.75) is 0 Å². The second-order valence-corrected chi connectivity index (χ2v) is 1.97. The van der Waals surface area contributed by atoms with Crippen LogP contribution >= 0.6 is 0 Å². The van der Waals surface area contributed by atoms with Crippen LogP contribution in [0.1, 0.15) is 0 Å². The fraction of sp³-hybridized carbons (Fsp3) is 0. The van der Waals surface area contributed by atoms with Crippen molar-refractivity contribution in [1.82, 2.24) is 4.90 Å². The van der Waals surface area contributed by atoms with E-state index >= 15 is 0 Å². The van der Waals surface area contributed by atoms with E-state index in [0.29, 0.717) is 4.90 Å². The van der Waals surface area contributed by atoms with E-state index in [1.165, 1.54) is 0 Å². The van der Waals surface area contributed by atoms with Gasteiger partial charge in [-0.2, -0.15) is 4.99 Å². The zero-order valence-electron chi connectivity index (χ0n) is 6.70. The lowest BCUT2D eigenvalue weighted by Crippen LogP contribution is -2.48. The summed E-state index contributed by atoms with van der Waals surface area (Å²) >= 11 is 0. The summed E-state index contributed by atoms with van der Waals surface area (Å²) in [5, 5.41) is 21.1. The van der Waals surface area contributed by atoms with Crippen LogP contribution in [0.2, 0.25) is 0 Å². The zero-order valence-corrected chi connectivity index (χ0v) is 6.70. The van der Waals surface area contributed by atoms with E-state index in [1.54, 1.807) is 0 Å². The Labute approximate surface area is 73.9 Å². The van der Waals surface area contributed by atoms with Crippen molar-refractivity contribution in [3.63, 3.8) is 0 Å². The maximum absolute atomic E-state index is 7.17. The summed E-state index contributed by atoms with van der Waals surface area (Å²) in [4.78, 5) is 3.82. The first-order chi connectivity index (χ1) is 5.86. The van der Waals surface area contributed by atoms with E-state index in [1.807, 2.05) is 0 Å². The molecule has 0 aliphatic rings. The molecule has 11 N–H and O–H groups in total. The van der Waals surface area contributed by atoms with Crippen LogP contribution in [0, 0.1) is 16.2 Å². The van der Waals surface area contributed by atoms with Gasteiger partial charge in [0.2, 0.25) is 17.9 Å². The number of guanidine groups is 4. The number of hydrogen-bond donors (Lipinski definition) is 7. The Morgan fingerprint density at radius 3 is 1.54 bits per heavy atom. The van der Waals surface area contributed by atoms with Gasteiger partial charge < -0.3 is 22.9 Å². The van der Waals surface area contributed by atoms with Crippen molar-refractivity contribution >= 4 is 23.8 Å². The smallest absolute Gasteiger partial charge is 0.235 e. The van der Waals surface area contributed by atoms with Crippen molar-refractivity contribution < 1.29 is 0 Å². The highest BCUT2D eigenvalue weighted by molar-refractivity contribution is 6.12. The minimum atomic E-state index is -0.609. The van der Waals surface area contributed by atoms with Crippen LogP contribution in [-0.2, 0) is 0 Å². The lowest BCUT2D eigenvalue weighted by atomic mass is 10.6. The third-order valence-electron chi connectivity index (χ3n) is 0.929. The summed E-state index contributed by atoms with van der Waals surface area (Å²) in [5.74, 6) is -2.18. The van der Waals surface area contributed by atoms with Crippen molar-refractivity contribution in [3.05, 3.63) is 0 Å². The topological polar surface area (TPSA) is 191 Å². The minimum Gasteiger partial charge on any atom is -0.370 e.